The van der Waals surface area contributed by atoms with Crippen LogP contribution >= 0.6 is 0 Å². The minimum atomic E-state index is -0.107. The molecule has 0 aliphatic heterocycles. The van der Waals surface area contributed by atoms with E-state index < -0.39 is 0 Å². The van der Waals surface area contributed by atoms with Crippen LogP contribution in [0.1, 0.15) is 18.2 Å². The summed E-state index contributed by atoms with van der Waals surface area (Å²) in [5.41, 5.74) is 9.87. The van der Waals surface area contributed by atoms with Crippen molar-refractivity contribution in [1.29, 1.82) is 0 Å². The van der Waals surface area contributed by atoms with Gasteiger partial charge in [0, 0.05) is 11.3 Å². The third-order valence-electron chi connectivity index (χ3n) is 4.82. The van der Waals surface area contributed by atoms with E-state index in [1.807, 2.05) is 67.6 Å². The fraction of sp³-hybridized carbons (Fsp3) is 0.125. The second-order valence-corrected chi connectivity index (χ2v) is 6.93. The standard InChI is InChI=1S/C24H22N4O/c1-2-21-24(26-15-22(27-21)18-9-11-20(25)12-10-18)28-23(29)14-16-7-8-17-5-3-4-6-19(17)13-16/h3-13,15H,2,14,25H2,1H3,(H,26,28,29). The molecule has 3 N–H and O–H groups in total. The molecule has 1 aromatic heterocycles. The van der Waals surface area contributed by atoms with Crippen molar-refractivity contribution in [2.45, 2.75) is 19.8 Å². The Labute approximate surface area is 169 Å². The fourth-order valence-electron chi connectivity index (χ4n) is 3.28. The van der Waals surface area contributed by atoms with E-state index in [9.17, 15) is 4.79 Å². The highest BCUT2D eigenvalue weighted by Gasteiger charge is 2.12. The van der Waals surface area contributed by atoms with Crippen molar-refractivity contribution in [3.63, 3.8) is 0 Å². The quantitative estimate of drug-likeness (QED) is 0.494. The van der Waals surface area contributed by atoms with Gasteiger partial charge >= 0.3 is 0 Å². The number of nitrogens with one attached hydrogen (secondary N) is 1. The number of hydrogen-bond acceptors (Lipinski definition) is 4. The highest BCUT2D eigenvalue weighted by molar-refractivity contribution is 5.93. The average Bonchev–Trinajstić information content (AvgIpc) is 2.74. The predicted octanol–water partition coefficient (Wildman–Crippen LogP) is 4.62. The van der Waals surface area contributed by atoms with Crippen molar-refractivity contribution in [3.8, 4) is 11.3 Å². The van der Waals surface area contributed by atoms with E-state index in [0.29, 0.717) is 17.9 Å². The van der Waals surface area contributed by atoms with Gasteiger partial charge in [0.2, 0.25) is 5.91 Å². The van der Waals surface area contributed by atoms with Gasteiger partial charge in [0.25, 0.3) is 0 Å². The smallest absolute Gasteiger partial charge is 0.229 e. The maximum absolute atomic E-state index is 12.6. The van der Waals surface area contributed by atoms with E-state index in [1.165, 1.54) is 0 Å². The maximum Gasteiger partial charge on any atom is 0.229 e. The van der Waals surface area contributed by atoms with Crippen molar-refractivity contribution in [2.24, 2.45) is 0 Å². The van der Waals surface area contributed by atoms with Gasteiger partial charge in [-0.3, -0.25) is 4.79 Å². The molecule has 4 rings (SSSR count). The number of nitrogen functional groups attached to an aromatic ring is 1. The van der Waals surface area contributed by atoms with Crippen molar-refractivity contribution >= 4 is 28.2 Å². The second-order valence-electron chi connectivity index (χ2n) is 6.93. The number of aromatic nitrogens is 2. The monoisotopic (exact) mass is 382 g/mol. The zero-order chi connectivity index (χ0) is 20.2. The molecular weight excluding hydrogens is 360 g/mol. The van der Waals surface area contributed by atoms with Gasteiger partial charge in [-0.05, 0) is 34.9 Å². The number of anilines is 2. The van der Waals surface area contributed by atoms with Crippen LogP contribution in [-0.2, 0) is 17.6 Å². The van der Waals surface area contributed by atoms with Crippen molar-refractivity contribution in [1.82, 2.24) is 9.97 Å². The molecule has 0 aliphatic rings. The van der Waals surface area contributed by atoms with E-state index in [-0.39, 0.29) is 12.3 Å². The SMILES string of the molecule is CCc1nc(-c2ccc(N)cc2)cnc1NC(=O)Cc1ccc2ccccc2c1. The Morgan fingerprint density at radius 2 is 1.76 bits per heavy atom. The minimum absolute atomic E-state index is 0.107. The highest BCUT2D eigenvalue weighted by atomic mass is 16.1. The van der Waals surface area contributed by atoms with E-state index >= 15 is 0 Å². The fourth-order valence-corrected chi connectivity index (χ4v) is 3.28. The number of carbonyl (C=O) groups is 1. The molecule has 0 radical (unpaired) electrons. The maximum atomic E-state index is 12.6. The molecule has 4 aromatic rings. The Hall–Kier alpha value is -3.73. The van der Waals surface area contributed by atoms with Crippen LogP contribution in [0.5, 0.6) is 0 Å². The van der Waals surface area contributed by atoms with Gasteiger partial charge in [0.15, 0.2) is 5.82 Å². The van der Waals surface area contributed by atoms with E-state index in [1.54, 1.807) is 6.20 Å². The number of rotatable bonds is 5. The van der Waals surface area contributed by atoms with Crippen LogP contribution in [0.15, 0.2) is 72.9 Å². The molecule has 5 heteroatoms. The van der Waals surface area contributed by atoms with Crippen LogP contribution in [0.3, 0.4) is 0 Å². The van der Waals surface area contributed by atoms with Crippen molar-refractivity contribution in [3.05, 3.63) is 84.2 Å². The largest absolute Gasteiger partial charge is 0.399 e. The van der Waals surface area contributed by atoms with Gasteiger partial charge in [0.1, 0.15) is 0 Å². The second kappa shape index (κ2) is 8.10. The summed E-state index contributed by atoms with van der Waals surface area (Å²) in [6.07, 6.45) is 2.63. The molecule has 0 saturated heterocycles. The molecule has 5 nitrogen and oxygen atoms in total. The molecule has 29 heavy (non-hydrogen) atoms. The Balaban J connectivity index is 1.51. The third kappa shape index (κ3) is 4.24. The van der Waals surface area contributed by atoms with Crippen LogP contribution in [0, 0.1) is 0 Å². The summed E-state index contributed by atoms with van der Waals surface area (Å²) in [6, 6.07) is 21.7. The summed E-state index contributed by atoms with van der Waals surface area (Å²) >= 11 is 0. The van der Waals surface area contributed by atoms with Gasteiger partial charge in [-0.25, -0.2) is 9.97 Å². The van der Waals surface area contributed by atoms with Gasteiger partial charge < -0.3 is 11.1 Å². The Morgan fingerprint density at radius 3 is 2.52 bits per heavy atom. The number of carbonyl (C=O) groups excluding carboxylic acids is 1. The van der Waals surface area contributed by atoms with E-state index in [2.05, 4.69) is 21.4 Å². The van der Waals surface area contributed by atoms with Gasteiger partial charge in [-0.15, -0.1) is 0 Å². The summed E-state index contributed by atoms with van der Waals surface area (Å²) < 4.78 is 0. The Bertz CT molecular complexity index is 1170. The molecule has 1 amide bonds. The Kier molecular flexibility index (Phi) is 5.20. The molecule has 0 fully saturated rings. The zero-order valence-electron chi connectivity index (χ0n) is 16.2. The summed E-state index contributed by atoms with van der Waals surface area (Å²) in [6.45, 7) is 2.00. The van der Waals surface area contributed by atoms with Gasteiger partial charge in [-0.1, -0.05) is 61.5 Å². The molecular formula is C24H22N4O. The van der Waals surface area contributed by atoms with Crippen LogP contribution in [0.4, 0.5) is 11.5 Å². The van der Waals surface area contributed by atoms with E-state index in [4.69, 9.17) is 5.73 Å². The predicted molar refractivity (Wildman–Crippen MR) is 118 cm³/mol. The Morgan fingerprint density at radius 1 is 1.00 bits per heavy atom. The van der Waals surface area contributed by atoms with Crippen LogP contribution in [0.25, 0.3) is 22.0 Å². The molecule has 0 saturated carbocycles. The molecule has 0 bridgehead atoms. The average molecular weight is 382 g/mol. The molecule has 0 aliphatic carbocycles. The molecule has 0 atom stereocenters. The lowest BCUT2D eigenvalue weighted by molar-refractivity contribution is -0.115. The van der Waals surface area contributed by atoms with Gasteiger partial charge in [-0.2, -0.15) is 0 Å². The third-order valence-corrected chi connectivity index (χ3v) is 4.82. The first kappa shape index (κ1) is 18.6. The van der Waals surface area contributed by atoms with Crippen LogP contribution < -0.4 is 11.1 Å². The highest BCUT2D eigenvalue weighted by Crippen LogP contribution is 2.22. The molecule has 0 unspecified atom stereocenters. The normalized spacial score (nSPS) is 10.8. The minimum Gasteiger partial charge on any atom is -0.399 e. The molecule has 3 aromatic carbocycles. The lowest BCUT2D eigenvalue weighted by Gasteiger charge is -2.11. The number of aryl methyl sites for hydroxylation is 1. The number of nitrogens with zero attached hydrogens (tertiary/aromatic N) is 2. The van der Waals surface area contributed by atoms with Crippen molar-refractivity contribution in [2.75, 3.05) is 11.1 Å². The lowest BCUT2D eigenvalue weighted by atomic mass is 10.0. The summed E-state index contributed by atoms with van der Waals surface area (Å²) in [7, 11) is 0. The van der Waals surface area contributed by atoms with Crippen molar-refractivity contribution < 1.29 is 4.79 Å². The lowest BCUT2D eigenvalue weighted by Crippen LogP contribution is -2.17. The number of benzene rings is 3. The topological polar surface area (TPSA) is 80.9 Å². The number of hydrogen-bond donors (Lipinski definition) is 2. The van der Waals surface area contributed by atoms with E-state index in [0.717, 1.165) is 33.3 Å². The first-order chi connectivity index (χ1) is 14.1. The molecule has 144 valence electrons. The summed E-state index contributed by atoms with van der Waals surface area (Å²) in [5, 5.41) is 5.20. The summed E-state index contributed by atoms with van der Waals surface area (Å²) in [4.78, 5) is 21.7. The zero-order valence-corrected chi connectivity index (χ0v) is 16.2. The summed E-state index contributed by atoms with van der Waals surface area (Å²) in [5.74, 6) is 0.405. The van der Waals surface area contributed by atoms with Crippen LogP contribution in [0.2, 0.25) is 0 Å². The van der Waals surface area contributed by atoms with Crippen LogP contribution in [-0.4, -0.2) is 15.9 Å². The molecule has 0 spiro atoms. The van der Waals surface area contributed by atoms with Gasteiger partial charge in [0.05, 0.1) is 24.0 Å². The first-order valence-corrected chi connectivity index (χ1v) is 9.62. The number of nitrogens with two attached hydrogens (primary N) is 1. The number of amides is 1. The first-order valence-electron chi connectivity index (χ1n) is 9.62. The molecule has 1 heterocycles. The number of fused-ring (bicyclic) bond motifs is 1.